The number of carbonyl (C=O) groups excluding carboxylic acids is 2. The predicted molar refractivity (Wildman–Crippen MR) is 104 cm³/mol. The summed E-state index contributed by atoms with van der Waals surface area (Å²) in [6.45, 7) is 5.18. The van der Waals surface area contributed by atoms with Gasteiger partial charge >= 0.3 is 5.97 Å². The van der Waals surface area contributed by atoms with Gasteiger partial charge in [-0.1, -0.05) is 17.7 Å². The Morgan fingerprint density at radius 2 is 1.89 bits per heavy atom. The highest BCUT2D eigenvalue weighted by Crippen LogP contribution is 2.18. The van der Waals surface area contributed by atoms with Gasteiger partial charge in [0.1, 0.15) is 0 Å². The lowest BCUT2D eigenvalue weighted by Gasteiger charge is -2.25. The van der Waals surface area contributed by atoms with Crippen molar-refractivity contribution in [3.8, 4) is 0 Å². The summed E-state index contributed by atoms with van der Waals surface area (Å²) < 4.78 is 0. The van der Waals surface area contributed by atoms with Crippen molar-refractivity contribution in [3.63, 3.8) is 0 Å². The Labute approximate surface area is 161 Å². The number of carboxylic acids is 1. The largest absolute Gasteiger partial charge is 0.480 e. The molecule has 6 nitrogen and oxygen atoms in total. The Balaban J connectivity index is 1.86. The van der Waals surface area contributed by atoms with Crippen molar-refractivity contribution in [2.45, 2.75) is 52.0 Å². The summed E-state index contributed by atoms with van der Waals surface area (Å²) >= 11 is 0. The van der Waals surface area contributed by atoms with Crippen LogP contribution >= 0.6 is 0 Å². The van der Waals surface area contributed by atoms with Crippen LogP contribution in [0.3, 0.4) is 0 Å². The molecule has 0 aliphatic carbocycles. The van der Waals surface area contributed by atoms with Crippen LogP contribution in [-0.2, 0) is 9.59 Å². The van der Waals surface area contributed by atoms with E-state index in [2.05, 4.69) is 0 Å². The van der Waals surface area contributed by atoms with E-state index < -0.39 is 5.97 Å². The minimum Gasteiger partial charge on any atom is -0.480 e. The topological polar surface area (TPSA) is 77.9 Å². The first kappa shape index (κ1) is 21.1. The third-order valence-corrected chi connectivity index (χ3v) is 5.32. The monoisotopic (exact) mass is 374 g/mol. The van der Waals surface area contributed by atoms with Gasteiger partial charge in [-0.15, -0.1) is 0 Å². The zero-order valence-corrected chi connectivity index (χ0v) is 16.5. The first-order valence-corrected chi connectivity index (χ1v) is 9.58. The molecule has 1 aliphatic rings. The molecule has 0 saturated carbocycles. The Morgan fingerprint density at radius 3 is 2.59 bits per heavy atom. The normalized spacial score (nSPS) is 17.6. The van der Waals surface area contributed by atoms with Crippen LogP contribution in [-0.4, -0.2) is 65.3 Å². The number of rotatable bonds is 7. The molecule has 0 aromatic heterocycles. The molecule has 1 aliphatic heterocycles. The van der Waals surface area contributed by atoms with E-state index in [1.807, 2.05) is 48.9 Å². The van der Waals surface area contributed by atoms with Crippen LogP contribution in [0, 0.1) is 13.8 Å². The second-order valence-electron chi connectivity index (χ2n) is 7.52. The average molecular weight is 374 g/mol. The summed E-state index contributed by atoms with van der Waals surface area (Å²) in [5.74, 6) is -0.812. The SMILES string of the molecule is Cc1ccc(C)c(C(=O)CCC(=O)N2CCCC(N(C)CC(=O)O)CC2)c1. The Kier molecular flexibility index (Phi) is 7.54. The van der Waals surface area contributed by atoms with Gasteiger partial charge in [-0.05, 0) is 51.8 Å². The lowest BCUT2D eigenvalue weighted by atomic mass is 9.99. The summed E-state index contributed by atoms with van der Waals surface area (Å²) in [4.78, 5) is 39.6. The van der Waals surface area contributed by atoms with Crippen LogP contribution in [0.2, 0.25) is 0 Å². The number of Topliss-reactive ketones (excluding diaryl/α,β-unsaturated/α-hetero) is 1. The van der Waals surface area contributed by atoms with Crippen molar-refractivity contribution in [2.24, 2.45) is 0 Å². The lowest BCUT2D eigenvalue weighted by Crippen LogP contribution is -2.37. The quantitative estimate of drug-likeness (QED) is 0.743. The number of ketones is 1. The molecule has 6 heteroatoms. The number of hydrogen-bond acceptors (Lipinski definition) is 4. The van der Waals surface area contributed by atoms with Gasteiger partial charge in [0.2, 0.25) is 5.91 Å². The molecular weight excluding hydrogens is 344 g/mol. The van der Waals surface area contributed by atoms with Crippen molar-refractivity contribution in [3.05, 3.63) is 34.9 Å². The highest BCUT2D eigenvalue weighted by molar-refractivity contribution is 5.99. The molecule has 0 radical (unpaired) electrons. The lowest BCUT2D eigenvalue weighted by molar-refractivity contribution is -0.138. The van der Waals surface area contributed by atoms with Crippen LogP contribution in [0.15, 0.2) is 18.2 Å². The summed E-state index contributed by atoms with van der Waals surface area (Å²) in [7, 11) is 1.82. The van der Waals surface area contributed by atoms with Gasteiger partial charge in [0, 0.05) is 37.5 Å². The Hall–Kier alpha value is -2.21. The number of amides is 1. The van der Waals surface area contributed by atoms with Crippen molar-refractivity contribution < 1.29 is 19.5 Å². The van der Waals surface area contributed by atoms with Gasteiger partial charge in [-0.25, -0.2) is 0 Å². The second-order valence-corrected chi connectivity index (χ2v) is 7.52. The number of nitrogens with zero attached hydrogens (tertiary/aromatic N) is 2. The van der Waals surface area contributed by atoms with E-state index in [4.69, 9.17) is 5.11 Å². The molecule has 148 valence electrons. The molecule has 0 spiro atoms. The van der Waals surface area contributed by atoms with Crippen molar-refractivity contribution in [1.82, 2.24) is 9.80 Å². The fourth-order valence-corrected chi connectivity index (χ4v) is 3.66. The number of carbonyl (C=O) groups is 3. The minimum atomic E-state index is -0.834. The molecule has 1 N–H and O–H groups in total. The number of likely N-dealkylation sites (N-methyl/N-ethyl adjacent to an activating group) is 1. The van der Waals surface area contributed by atoms with Crippen LogP contribution in [0.25, 0.3) is 0 Å². The highest BCUT2D eigenvalue weighted by Gasteiger charge is 2.24. The fraction of sp³-hybridized carbons (Fsp3) is 0.571. The van der Waals surface area contributed by atoms with Gasteiger partial charge < -0.3 is 10.0 Å². The molecule has 1 aromatic carbocycles. The number of likely N-dealkylation sites (tertiary alicyclic amines) is 1. The number of aliphatic carboxylic acids is 1. The van der Waals surface area contributed by atoms with E-state index in [1.165, 1.54) is 0 Å². The molecule has 1 amide bonds. The maximum Gasteiger partial charge on any atom is 0.317 e. The molecule has 2 rings (SSSR count). The number of hydrogen-bond donors (Lipinski definition) is 1. The van der Waals surface area contributed by atoms with Crippen molar-refractivity contribution in [2.75, 3.05) is 26.7 Å². The number of carboxylic acid groups (broad SMARTS) is 1. The molecule has 1 heterocycles. The molecule has 1 aromatic rings. The smallest absolute Gasteiger partial charge is 0.317 e. The average Bonchev–Trinajstić information content (AvgIpc) is 2.87. The van der Waals surface area contributed by atoms with E-state index in [-0.39, 0.29) is 37.1 Å². The first-order valence-electron chi connectivity index (χ1n) is 9.58. The van der Waals surface area contributed by atoms with E-state index in [9.17, 15) is 14.4 Å². The predicted octanol–water partition coefficient (Wildman–Crippen LogP) is 2.66. The molecule has 1 fully saturated rings. The number of aryl methyl sites for hydroxylation is 2. The van der Waals surface area contributed by atoms with Crippen molar-refractivity contribution >= 4 is 17.7 Å². The minimum absolute atomic E-state index is 0.00944. The van der Waals surface area contributed by atoms with E-state index >= 15 is 0 Å². The summed E-state index contributed by atoms with van der Waals surface area (Å²) in [5, 5.41) is 8.94. The molecule has 0 bridgehead atoms. The van der Waals surface area contributed by atoms with E-state index in [0.717, 1.165) is 30.4 Å². The van der Waals surface area contributed by atoms with Gasteiger partial charge in [0.25, 0.3) is 0 Å². The maximum atomic E-state index is 12.6. The standard InChI is InChI=1S/C21H30N2O4/c1-15-6-7-16(2)18(13-15)19(24)8-9-20(25)23-11-4-5-17(10-12-23)22(3)14-21(26)27/h6-7,13,17H,4-5,8-12,14H2,1-3H3,(H,26,27). The maximum absolute atomic E-state index is 12.6. The third kappa shape index (κ3) is 6.17. The Morgan fingerprint density at radius 1 is 1.15 bits per heavy atom. The van der Waals surface area contributed by atoms with Gasteiger partial charge in [0.05, 0.1) is 6.54 Å². The second kappa shape index (κ2) is 9.65. The van der Waals surface area contributed by atoms with Crippen LogP contribution in [0.1, 0.15) is 53.6 Å². The summed E-state index contributed by atoms with van der Waals surface area (Å²) in [6.07, 6.45) is 2.95. The molecule has 1 unspecified atom stereocenters. The third-order valence-electron chi connectivity index (χ3n) is 5.32. The van der Waals surface area contributed by atoms with Crippen LogP contribution < -0.4 is 0 Å². The van der Waals surface area contributed by atoms with Crippen molar-refractivity contribution in [1.29, 1.82) is 0 Å². The molecule has 27 heavy (non-hydrogen) atoms. The highest BCUT2D eigenvalue weighted by atomic mass is 16.4. The molecule has 1 atom stereocenters. The fourth-order valence-electron chi connectivity index (χ4n) is 3.66. The van der Waals surface area contributed by atoms with E-state index in [1.54, 1.807) is 0 Å². The van der Waals surface area contributed by atoms with Crippen LogP contribution in [0.5, 0.6) is 0 Å². The van der Waals surface area contributed by atoms with Gasteiger partial charge in [-0.3, -0.25) is 19.3 Å². The van der Waals surface area contributed by atoms with Crippen LogP contribution in [0.4, 0.5) is 0 Å². The zero-order valence-electron chi connectivity index (χ0n) is 16.5. The Bertz CT molecular complexity index is 701. The molecular formula is C21H30N2O4. The molecule has 1 saturated heterocycles. The number of benzene rings is 1. The summed E-state index contributed by atoms with van der Waals surface area (Å²) in [6, 6.07) is 5.98. The van der Waals surface area contributed by atoms with E-state index in [0.29, 0.717) is 18.7 Å². The van der Waals surface area contributed by atoms with Gasteiger partial charge in [-0.2, -0.15) is 0 Å². The van der Waals surface area contributed by atoms with Gasteiger partial charge in [0.15, 0.2) is 5.78 Å². The zero-order chi connectivity index (χ0) is 20.0. The first-order chi connectivity index (χ1) is 12.8. The summed E-state index contributed by atoms with van der Waals surface area (Å²) in [5.41, 5.74) is 2.69.